The Morgan fingerprint density at radius 1 is 1.53 bits per heavy atom. The molecule has 1 fully saturated rings. The maximum absolute atomic E-state index is 12.4. The van der Waals surface area contributed by atoms with E-state index < -0.39 is 10.0 Å². The van der Waals surface area contributed by atoms with Crippen molar-refractivity contribution in [2.45, 2.75) is 24.7 Å². The molecule has 1 amide bonds. The first-order chi connectivity index (χ1) is 8.82. The van der Waals surface area contributed by atoms with E-state index in [4.69, 9.17) is 5.14 Å². The summed E-state index contributed by atoms with van der Waals surface area (Å²) in [4.78, 5) is 14.1. The van der Waals surface area contributed by atoms with E-state index in [1.54, 1.807) is 11.9 Å². The Morgan fingerprint density at radius 3 is 2.58 bits per heavy atom. The highest BCUT2D eigenvalue weighted by Crippen LogP contribution is 2.30. The zero-order valence-electron chi connectivity index (χ0n) is 11.2. The molecule has 1 aromatic rings. The molecule has 1 heterocycles. The Morgan fingerprint density at radius 2 is 2.16 bits per heavy atom. The highest BCUT2D eigenvalue weighted by Gasteiger charge is 2.28. The van der Waals surface area contributed by atoms with Gasteiger partial charge in [0, 0.05) is 26.3 Å². The van der Waals surface area contributed by atoms with Gasteiger partial charge in [0.05, 0.1) is 0 Å². The van der Waals surface area contributed by atoms with Crippen LogP contribution in [0.15, 0.2) is 17.2 Å². The summed E-state index contributed by atoms with van der Waals surface area (Å²) in [6.07, 6.45) is 3.70. The molecular formula is C12H19N3O3S. The van der Waals surface area contributed by atoms with Crippen molar-refractivity contribution >= 4 is 15.9 Å². The summed E-state index contributed by atoms with van der Waals surface area (Å²) in [6.45, 7) is 3.28. The number of carbonyl (C=O) groups excluding carboxylic acids is 1. The molecule has 106 valence electrons. The summed E-state index contributed by atoms with van der Waals surface area (Å²) in [7, 11) is -2.13. The van der Waals surface area contributed by atoms with E-state index in [1.807, 2.05) is 6.92 Å². The predicted octanol–water partition coefficient (Wildman–Crippen LogP) is 0.545. The highest BCUT2D eigenvalue weighted by molar-refractivity contribution is 7.89. The van der Waals surface area contributed by atoms with E-state index in [0.29, 0.717) is 18.2 Å². The summed E-state index contributed by atoms with van der Waals surface area (Å²) in [5.74, 6) is 0.452. The lowest BCUT2D eigenvalue weighted by atomic mass is 10.3. The van der Waals surface area contributed by atoms with Crippen LogP contribution in [0.2, 0.25) is 0 Å². The van der Waals surface area contributed by atoms with Gasteiger partial charge in [0.2, 0.25) is 10.0 Å². The van der Waals surface area contributed by atoms with Crippen molar-refractivity contribution < 1.29 is 13.2 Å². The van der Waals surface area contributed by atoms with Gasteiger partial charge >= 0.3 is 0 Å². The molecule has 0 atom stereocenters. The molecule has 2 N–H and O–H groups in total. The second-order valence-corrected chi connectivity index (χ2v) is 6.57. The van der Waals surface area contributed by atoms with Gasteiger partial charge in [-0.3, -0.25) is 4.79 Å². The van der Waals surface area contributed by atoms with Crippen molar-refractivity contribution in [3.8, 4) is 0 Å². The van der Waals surface area contributed by atoms with Crippen molar-refractivity contribution in [2.24, 2.45) is 18.1 Å². The van der Waals surface area contributed by atoms with Gasteiger partial charge in [0.15, 0.2) is 0 Å². The molecule has 19 heavy (non-hydrogen) atoms. The molecule has 6 nitrogen and oxygen atoms in total. The van der Waals surface area contributed by atoms with Crippen LogP contribution in [0.5, 0.6) is 0 Å². The lowest BCUT2D eigenvalue weighted by molar-refractivity contribution is 0.0747. The van der Waals surface area contributed by atoms with Gasteiger partial charge in [-0.15, -0.1) is 0 Å². The molecule has 1 saturated carbocycles. The lowest BCUT2D eigenvalue weighted by Crippen LogP contribution is -2.33. The Hall–Kier alpha value is -1.34. The van der Waals surface area contributed by atoms with Gasteiger partial charge in [-0.05, 0) is 31.7 Å². The average molecular weight is 285 g/mol. The van der Waals surface area contributed by atoms with Crippen molar-refractivity contribution in [3.63, 3.8) is 0 Å². The number of primary sulfonamides is 1. The minimum atomic E-state index is -3.77. The molecule has 0 bridgehead atoms. The van der Waals surface area contributed by atoms with E-state index in [-0.39, 0.29) is 10.8 Å². The molecule has 1 aliphatic carbocycles. The molecule has 2 rings (SSSR count). The maximum Gasteiger partial charge on any atom is 0.270 e. The molecule has 7 heteroatoms. The fourth-order valence-electron chi connectivity index (χ4n) is 2.03. The topological polar surface area (TPSA) is 85.4 Å². The van der Waals surface area contributed by atoms with Crippen molar-refractivity contribution in [2.75, 3.05) is 13.1 Å². The number of rotatable bonds is 5. The number of nitrogens with zero attached hydrogens (tertiary/aromatic N) is 2. The quantitative estimate of drug-likeness (QED) is 0.857. The fraction of sp³-hybridized carbons (Fsp3) is 0.583. The molecule has 0 aliphatic heterocycles. The summed E-state index contributed by atoms with van der Waals surface area (Å²) in [5.41, 5.74) is 0.353. The van der Waals surface area contributed by atoms with Crippen LogP contribution in [-0.4, -0.2) is 36.9 Å². The van der Waals surface area contributed by atoms with Crippen LogP contribution in [-0.2, 0) is 17.1 Å². The van der Waals surface area contributed by atoms with Crippen LogP contribution in [0, 0.1) is 5.92 Å². The van der Waals surface area contributed by atoms with Gasteiger partial charge < -0.3 is 9.47 Å². The van der Waals surface area contributed by atoms with E-state index in [2.05, 4.69) is 0 Å². The van der Waals surface area contributed by atoms with Gasteiger partial charge in [-0.1, -0.05) is 0 Å². The standard InChI is InChI=1S/C12H19N3O3S/c1-3-15(7-9-4-5-9)12(16)11-6-10(8-14(11)2)19(13,17)18/h6,8-9H,3-5,7H2,1-2H3,(H2,13,17,18). The Balaban J connectivity index is 2.24. The molecule has 1 aliphatic rings. The van der Waals surface area contributed by atoms with Crippen LogP contribution in [0.4, 0.5) is 0 Å². The number of hydrogen-bond acceptors (Lipinski definition) is 3. The molecule has 1 aromatic heterocycles. The van der Waals surface area contributed by atoms with Crippen molar-refractivity contribution in [1.29, 1.82) is 0 Å². The normalized spacial score (nSPS) is 15.5. The van der Waals surface area contributed by atoms with Crippen molar-refractivity contribution in [1.82, 2.24) is 9.47 Å². The van der Waals surface area contributed by atoms with Crippen molar-refractivity contribution in [3.05, 3.63) is 18.0 Å². The number of amides is 1. The van der Waals surface area contributed by atoms with Gasteiger partial charge in [-0.25, -0.2) is 13.6 Å². The van der Waals surface area contributed by atoms with Gasteiger partial charge in [0.1, 0.15) is 10.6 Å². The number of aryl methyl sites for hydroxylation is 1. The monoisotopic (exact) mass is 285 g/mol. The maximum atomic E-state index is 12.4. The predicted molar refractivity (Wildman–Crippen MR) is 71.1 cm³/mol. The summed E-state index contributed by atoms with van der Waals surface area (Å²) in [5, 5.41) is 5.07. The number of sulfonamides is 1. The van der Waals surface area contributed by atoms with Gasteiger partial charge in [-0.2, -0.15) is 0 Å². The number of hydrogen-bond donors (Lipinski definition) is 1. The summed E-state index contributed by atoms with van der Waals surface area (Å²) in [6, 6.07) is 1.34. The van der Waals surface area contributed by atoms with Crippen LogP contribution >= 0.6 is 0 Å². The third-order valence-electron chi connectivity index (χ3n) is 3.37. The largest absolute Gasteiger partial charge is 0.345 e. The molecule has 0 spiro atoms. The molecule has 0 saturated heterocycles. The third-order valence-corrected chi connectivity index (χ3v) is 4.25. The first-order valence-corrected chi connectivity index (χ1v) is 7.86. The Kier molecular flexibility index (Phi) is 3.69. The van der Waals surface area contributed by atoms with Crippen LogP contribution in [0.1, 0.15) is 30.3 Å². The minimum absolute atomic E-state index is 0.0270. The van der Waals surface area contributed by atoms with E-state index in [9.17, 15) is 13.2 Å². The number of nitrogens with two attached hydrogens (primary N) is 1. The van der Waals surface area contributed by atoms with Gasteiger partial charge in [0.25, 0.3) is 5.91 Å². The minimum Gasteiger partial charge on any atom is -0.345 e. The second-order valence-electron chi connectivity index (χ2n) is 5.00. The van der Waals surface area contributed by atoms with Crippen LogP contribution in [0.3, 0.4) is 0 Å². The van der Waals surface area contributed by atoms with Crippen LogP contribution < -0.4 is 5.14 Å². The molecular weight excluding hydrogens is 266 g/mol. The second kappa shape index (κ2) is 4.97. The zero-order valence-corrected chi connectivity index (χ0v) is 12.0. The smallest absolute Gasteiger partial charge is 0.270 e. The first-order valence-electron chi connectivity index (χ1n) is 6.31. The molecule has 0 radical (unpaired) electrons. The lowest BCUT2D eigenvalue weighted by Gasteiger charge is -2.20. The highest BCUT2D eigenvalue weighted by atomic mass is 32.2. The molecule has 0 unspecified atom stereocenters. The van der Waals surface area contributed by atoms with E-state index >= 15 is 0 Å². The van der Waals surface area contributed by atoms with E-state index in [1.165, 1.54) is 29.7 Å². The van der Waals surface area contributed by atoms with E-state index in [0.717, 1.165) is 6.54 Å². The first kappa shape index (κ1) is 14.1. The SMILES string of the molecule is CCN(CC1CC1)C(=O)c1cc(S(N)(=O)=O)cn1C. The Labute approximate surface area is 113 Å². The fourth-order valence-corrected chi connectivity index (χ4v) is 2.61. The Bertz CT molecular complexity index is 587. The summed E-state index contributed by atoms with van der Waals surface area (Å²) < 4.78 is 24.1. The number of carbonyl (C=O) groups is 1. The third kappa shape index (κ3) is 3.16. The number of aromatic nitrogens is 1. The summed E-state index contributed by atoms with van der Waals surface area (Å²) >= 11 is 0. The van der Waals surface area contributed by atoms with Crippen LogP contribution in [0.25, 0.3) is 0 Å². The zero-order chi connectivity index (χ0) is 14.2. The average Bonchev–Trinajstić information content (AvgIpc) is 3.05. The molecule has 0 aromatic carbocycles.